The lowest BCUT2D eigenvalue weighted by molar-refractivity contribution is -0.140. The molecule has 5 heteroatoms. The van der Waals surface area contributed by atoms with E-state index in [0.29, 0.717) is 18.0 Å². The quantitative estimate of drug-likeness (QED) is 0.358. The van der Waals surface area contributed by atoms with E-state index in [1.807, 2.05) is 24.3 Å². The Kier molecular flexibility index (Phi) is 7.87. The van der Waals surface area contributed by atoms with Crippen molar-refractivity contribution in [3.8, 4) is 0 Å². The van der Waals surface area contributed by atoms with Crippen LogP contribution in [-0.2, 0) is 4.79 Å². The number of rotatable bonds is 5. The maximum atomic E-state index is 14.0. The number of carbonyl (C=O) groups excluding carboxylic acids is 2. The molecule has 2 aliphatic heterocycles. The zero-order chi connectivity index (χ0) is 26.8. The van der Waals surface area contributed by atoms with E-state index in [-0.39, 0.29) is 11.8 Å². The van der Waals surface area contributed by atoms with Crippen LogP contribution in [0.15, 0.2) is 54.6 Å². The molecule has 206 valence electrons. The van der Waals surface area contributed by atoms with Gasteiger partial charge in [0.05, 0.1) is 11.5 Å². The Bertz CT molecular complexity index is 1270. The first-order valence-electron chi connectivity index (χ1n) is 15.4. The molecule has 3 aliphatic rings. The Balaban J connectivity index is 1.13. The summed E-state index contributed by atoms with van der Waals surface area (Å²) in [5.41, 5.74) is 0.841. The van der Waals surface area contributed by atoms with Gasteiger partial charge in [-0.3, -0.25) is 14.5 Å². The molecule has 1 saturated carbocycles. The second-order valence-corrected chi connectivity index (χ2v) is 12.0. The lowest BCUT2D eigenvalue weighted by Gasteiger charge is -2.43. The summed E-state index contributed by atoms with van der Waals surface area (Å²) in [5.74, 6) is 0.672. The van der Waals surface area contributed by atoms with Crippen molar-refractivity contribution in [2.45, 2.75) is 76.8 Å². The summed E-state index contributed by atoms with van der Waals surface area (Å²) >= 11 is 0. The summed E-state index contributed by atoms with van der Waals surface area (Å²) in [6.07, 6.45) is 10.3. The van der Waals surface area contributed by atoms with Gasteiger partial charge in [0.15, 0.2) is 0 Å². The normalized spacial score (nSPS) is 21.9. The highest BCUT2D eigenvalue weighted by Crippen LogP contribution is 2.32. The van der Waals surface area contributed by atoms with E-state index >= 15 is 0 Å². The fraction of sp³-hybridized carbons (Fsp3) is 0.529. The molecule has 0 spiro atoms. The Morgan fingerprint density at radius 2 is 1.44 bits per heavy atom. The van der Waals surface area contributed by atoms with Crippen molar-refractivity contribution in [1.82, 2.24) is 14.7 Å². The lowest BCUT2D eigenvalue weighted by atomic mass is 9.90. The van der Waals surface area contributed by atoms with Crippen LogP contribution >= 0.6 is 0 Å². The minimum absolute atomic E-state index is 0.127. The standard InChI is InChI=1S/C34H43N3O2/c1-2-37(29-14-4-3-5-15-29)33(38)27-13-10-20-36(24-27)28-18-21-35(22-19-28)34(39)32-30-16-8-6-11-25(30)23-26-12-7-9-17-31(26)32/h6-9,11-12,16-17,23,27-29H,2-5,10,13-15,18-22,24H2,1H3. The number of amides is 2. The van der Waals surface area contributed by atoms with Crippen LogP contribution in [0.4, 0.5) is 0 Å². The van der Waals surface area contributed by atoms with Gasteiger partial charge in [0.25, 0.3) is 5.91 Å². The van der Waals surface area contributed by atoms with Crippen molar-refractivity contribution in [3.05, 3.63) is 60.2 Å². The molecule has 1 unspecified atom stereocenters. The van der Waals surface area contributed by atoms with Gasteiger partial charge in [-0.1, -0.05) is 67.8 Å². The first-order valence-corrected chi connectivity index (χ1v) is 15.4. The molecule has 1 aliphatic carbocycles. The summed E-state index contributed by atoms with van der Waals surface area (Å²) in [6.45, 7) is 6.50. The number of fused-ring (bicyclic) bond motifs is 2. The summed E-state index contributed by atoms with van der Waals surface area (Å²) < 4.78 is 0. The summed E-state index contributed by atoms with van der Waals surface area (Å²) in [6, 6.07) is 19.6. The van der Waals surface area contributed by atoms with E-state index in [0.717, 1.165) is 85.5 Å². The van der Waals surface area contributed by atoms with Crippen molar-refractivity contribution in [1.29, 1.82) is 0 Å². The van der Waals surface area contributed by atoms with Gasteiger partial charge in [-0.15, -0.1) is 0 Å². The molecule has 2 saturated heterocycles. The van der Waals surface area contributed by atoms with Crippen LogP contribution < -0.4 is 0 Å². The van der Waals surface area contributed by atoms with Crippen LogP contribution in [0.1, 0.15) is 75.1 Å². The Hall–Kier alpha value is -2.92. The van der Waals surface area contributed by atoms with Crippen LogP contribution in [0.25, 0.3) is 21.5 Å². The molecule has 0 aromatic heterocycles. The molecule has 0 N–H and O–H groups in total. The van der Waals surface area contributed by atoms with Gasteiger partial charge in [0.1, 0.15) is 0 Å². The van der Waals surface area contributed by atoms with E-state index in [9.17, 15) is 9.59 Å². The molecule has 0 bridgehead atoms. The van der Waals surface area contributed by atoms with E-state index in [1.54, 1.807) is 0 Å². The summed E-state index contributed by atoms with van der Waals surface area (Å²) in [5, 5.41) is 4.32. The highest BCUT2D eigenvalue weighted by molar-refractivity contribution is 6.18. The van der Waals surface area contributed by atoms with Crippen LogP contribution in [0, 0.1) is 5.92 Å². The molecular weight excluding hydrogens is 482 g/mol. The number of likely N-dealkylation sites (tertiary alicyclic amines) is 2. The molecule has 2 heterocycles. The molecule has 39 heavy (non-hydrogen) atoms. The largest absolute Gasteiger partial charge is 0.340 e. The van der Waals surface area contributed by atoms with Gasteiger partial charge in [-0.25, -0.2) is 0 Å². The third-order valence-corrected chi connectivity index (χ3v) is 9.69. The minimum atomic E-state index is 0.127. The van der Waals surface area contributed by atoms with E-state index in [2.05, 4.69) is 52.0 Å². The third kappa shape index (κ3) is 5.30. The number of carbonyl (C=O) groups is 2. The zero-order valence-electron chi connectivity index (χ0n) is 23.5. The average molecular weight is 526 g/mol. The topological polar surface area (TPSA) is 43.9 Å². The van der Waals surface area contributed by atoms with Gasteiger partial charge >= 0.3 is 0 Å². The van der Waals surface area contributed by atoms with Crippen molar-refractivity contribution < 1.29 is 9.59 Å². The monoisotopic (exact) mass is 525 g/mol. The van der Waals surface area contributed by atoms with Gasteiger partial charge in [0, 0.05) is 38.3 Å². The lowest BCUT2D eigenvalue weighted by Crippen LogP contribution is -2.53. The first-order chi connectivity index (χ1) is 19.1. The van der Waals surface area contributed by atoms with Crippen LogP contribution in [0.3, 0.4) is 0 Å². The predicted octanol–water partition coefficient (Wildman–Crippen LogP) is 6.49. The SMILES string of the molecule is CCN(C(=O)C1CCCN(C2CCN(C(=O)c3c4ccccc4cc4ccccc34)CC2)C1)C1CCCCC1. The molecule has 2 amide bonds. The Morgan fingerprint density at radius 3 is 2.08 bits per heavy atom. The molecule has 3 aromatic rings. The highest BCUT2D eigenvalue weighted by Gasteiger charge is 2.36. The molecule has 0 radical (unpaired) electrons. The van der Waals surface area contributed by atoms with Crippen molar-refractivity contribution in [3.63, 3.8) is 0 Å². The van der Waals surface area contributed by atoms with Gasteiger partial charge in [-0.05, 0) is 79.6 Å². The second kappa shape index (κ2) is 11.7. The van der Waals surface area contributed by atoms with Gasteiger partial charge < -0.3 is 9.80 Å². The number of nitrogens with zero attached hydrogens (tertiary/aromatic N) is 3. The molecule has 6 rings (SSSR count). The zero-order valence-corrected chi connectivity index (χ0v) is 23.5. The number of hydrogen-bond acceptors (Lipinski definition) is 3. The average Bonchev–Trinajstić information content (AvgIpc) is 3.00. The van der Waals surface area contributed by atoms with E-state index in [1.165, 1.54) is 32.1 Å². The highest BCUT2D eigenvalue weighted by atomic mass is 16.2. The maximum absolute atomic E-state index is 14.0. The summed E-state index contributed by atoms with van der Waals surface area (Å²) in [7, 11) is 0. The van der Waals surface area contributed by atoms with E-state index in [4.69, 9.17) is 0 Å². The predicted molar refractivity (Wildman–Crippen MR) is 159 cm³/mol. The van der Waals surface area contributed by atoms with Crippen LogP contribution in [0.5, 0.6) is 0 Å². The smallest absolute Gasteiger partial charge is 0.255 e. The van der Waals surface area contributed by atoms with Gasteiger partial charge in [0.2, 0.25) is 5.91 Å². The van der Waals surface area contributed by atoms with Crippen molar-refractivity contribution in [2.24, 2.45) is 5.92 Å². The maximum Gasteiger partial charge on any atom is 0.255 e. The number of piperidine rings is 2. The Labute approximate surface area is 233 Å². The third-order valence-electron chi connectivity index (χ3n) is 9.69. The number of hydrogen-bond donors (Lipinski definition) is 0. The summed E-state index contributed by atoms with van der Waals surface area (Å²) in [4.78, 5) is 34.4. The molecule has 3 fully saturated rings. The Morgan fingerprint density at radius 1 is 0.795 bits per heavy atom. The fourth-order valence-corrected chi connectivity index (χ4v) is 7.60. The fourth-order valence-electron chi connectivity index (χ4n) is 7.60. The minimum Gasteiger partial charge on any atom is -0.340 e. The number of benzene rings is 3. The van der Waals surface area contributed by atoms with Crippen molar-refractivity contribution in [2.75, 3.05) is 32.7 Å². The van der Waals surface area contributed by atoms with Crippen molar-refractivity contribution >= 4 is 33.4 Å². The van der Waals surface area contributed by atoms with Crippen LogP contribution in [0.2, 0.25) is 0 Å². The molecule has 1 atom stereocenters. The van der Waals surface area contributed by atoms with Crippen LogP contribution in [-0.4, -0.2) is 71.3 Å². The second-order valence-electron chi connectivity index (χ2n) is 12.0. The van der Waals surface area contributed by atoms with Gasteiger partial charge in [-0.2, -0.15) is 0 Å². The molecular formula is C34H43N3O2. The van der Waals surface area contributed by atoms with E-state index < -0.39 is 0 Å². The molecule has 3 aromatic carbocycles. The molecule has 5 nitrogen and oxygen atoms in total. The first kappa shape index (κ1) is 26.3.